The van der Waals surface area contributed by atoms with Crippen LogP contribution in [0.15, 0.2) is 52.6 Å². The molecule has 24 heavy (non-hydrogen) atoms. The Morgan fingerprint density at radius 1 is 1.21 bits per heavy atom. The van der Waals surface area contributed by atoms with Crippen LogP contribution in [0.25, 0.3) is 20.7 Å². The summed E-state index contributed by atoms with van der Waals surface area (Å²) in [5.74, 6) is 0.793. The van der Waals surface area contributed by atoms with Crippen molar-refractivity contribution in [2.24, 2.45) is 0 Å². The van der Waals surface area contributed by atoms with Gasteiger partial charge in [-0.15, -0.1) is 22.7 Å². The Balaban J connectivity index is 1.61. The molecule has 0 bridgehead atoms. The number of rotatable bonds is 5. The highest BCUT2D eigenvalue weighted by atomic mass is 32.1. The summed E-state index contributed by atoms with van der Waals surface area (Å²) in [6.45, 7) is 1.11. The van der Waals surface area contributed by atoms with E-state index in [0.717, 1.165) is 21.6 Å². The summed E-state index contributed by atoms with van der Waals surface area (Å²) in [4.78, 5) is 26.6. The summed E-state index contributed by atoms with van der Waals surface area (Å²) in [5, 5.41) is 8.53. The van der Waals surface area contributed by atoms with Crippen LogP contribution in [-0.2, 0) is 6.54 Å². The predicted molar refractivity (Wildman–Crippen MR) is 97.7 cm³/mol. The van der Waals surface area contributed by atoms with Crippen molar-refractivity contribution in [1.29, 1.82) is 0 Å². The van der Waals surface area contributed by atoms with Crippen molar-refractivity contribution in [3.63, 3.8) is 0 Å². The molecule has 0 aliphatic rings. The van der Waals surface area contributed by atoms with E-state index in [0.29, 0.717) is 13.1 Å². The van der Waals surface area contributed by atoms with Crippen LogP contribution < -0.4 is 10.9 Å². The summed E-state index contributed by atoms with van der Waals surface area (Å²) in [7, 11) is 0. The number of hydrogen-bond donors (Lipinski definition) is 1. The van der Waals surface area contributed by atoms with E-state index in [-0.39, 0.29) is 5.56 Å². The lowest BCUT2D eigenvalue weighted by atomic mass is 10.2. The van der Waals surface area contributed by atoms with E-state index in [1.54, 1.807) is 39.9 Å². The summed E-state index contributed by atoms with van der Waals surface area (Å²) >= 11 is 3.31. The molecule has 0 aromatic carbocycles. The Kier molecular flexibility index (Phi) is 4.06. The smallest absolute Gasteiger partial charge is 0.253 e. The highest BCUT2D eigenvalue weighted by molar-refractivity contribution is 7.18. The molecule has 0 saturated heterocycles. The Hall–Kier alpha value is -2.58. The largest absolute Gasteiger partial charge is 0.368 e. The zero-order valence-electron chi connectivity index (χ0n) is 12.5. The van der Waals surface area contributed by atoms with Crippen molar-refractivity contribution in [3.8, 4) is 10.4 Å². The third-order valence-electron chi connectivity index (χ3n) is 3.59. The molecule has 0 aliphatic carbocycles. The van der Waals surface area contributed by atoms with Gasteiger partial charge < -0.3 is 5.32 Å². The van der Waals surface area contributed by atoms with Crippen LogP contribution in [0.2, 0.25) is 0 Å². The predicted octanol–water partition coefficient (Wildman–Crippen LogP) is 3.09. The first-order chi connectivity index (χ1) is 11.8. The van der Waals surface area contributed by atoms with Crippen LogP contribution in [-0.4, -0.2) is 26.1 Å². The first-order valence-corrected chi connectivity index (χ1v) is 9.09. The van der Waals surface area contributed by atoms with Crippen LogP contribution in [0.1, 0.15) is 0 Å². The quantitative estimate of drug-likeness (QED) is 0.595. The minimum Gasteiger partial charge on any atom is -0.368 e. The topological polar surface area (TPSA) is 72.7 Å². The average Bonchev–Trinajstić information content (AvgIpc) is 3.25. The van der Waals surface area contributed by atoms with Crippen LogP contribution in [0.3, 0.4) is 0 Å². The second-order valence-corrected chi connectivity index (χ2v) is 6.87. The van der Waals surface area contributed by atoms with Crippen LogP contribution in [0.4, 0.5) is 5.82 Å². The van der Waals surface area contributed by atoms with Crippen molar-refractivity contribution in [2.45, 2.75) is 6.54 Å². The molecule has 0 amide bonds. The number of nitrogens with one attached hydrogen (secondary N) is 1. The van der Waals surface area contributed by atoms with Gasteiger partial charge in [0, 0.05) is 41.2 Å². The summed E-state index contributed by atoms with van der Waals surface area (Å²) in [6, 6.07) is 5.59. The maximum atomic E-state index is 11.7. The van der Waals surface area contributed by atoms with Crippen molar-refractivity contribution in [3.05, 3.63) is 58.2 Å². The van der Waals surface area contributed by atoms with E-state index in [2.05, 4.69) is 37.1 Å². The molecule has 0 saturated carbocycles. The lowest BCUT2D eigenvalue weighted by Gasteiger charge is -2.09. The van der Waals surface area contributed by atoms with Gasteiger partial charge in [0.1, 0.15) is 17.0 Å². The van der Waals surface area contributed by atoms with E-state index in [9.17, 15) is 4.79 Å². The normalized spacial score (nSPS) is 11.0. The second kappa shape index (κ2) is 6.50. The molecule has 1 N–H and O–H groups in total. The minimum atomic E-state index is -0.0607. The summed E-state index contributed by atoms with van der Waals surface area (Å²) in [6.07, 6.45) is 4.61. The zero-order valence-corrected chi connectivity index (χ0v) is 14.2. The fourth-order valence-corrected chi connectivity index (χ4v) is 4.19. The van der Waals surface area contributed by atoms with Crippen molar-refractivity contribution >= 4 is 38.7 Å². The third-order valence-corrected chi connectivity index (χ3v) is 5.38. The van der Waals surface area contributed by atoms with E-state index in [4.69, 9.17) is 0 Å². The Bertz CT molecular complexity index is 1020. The molecule has 4 aromatic heterocycles. The monoisotopic (exact) mass is 355 g/mol. The van der Waals surface area contributed by atoms with Crippen molar-refractivity contribution in [2.75, 3.05) is 11.9 Å². The maximum absolute atomic E-state index is 11.7. The molecule has 4 rings (SSSR count). The highest BCUT2D eigenvalue weighted by Crippen LogP contribution is 2.38. The summed E-state index contributed by atoms with van der Waals surface area (Å²) < 4.78 is 1.57. The summed E-state index contributed by atoms with van der Waals surface area (Å²) in [5.41, 5.74) is 1.08. The SMILES string of the molecule is O=c1ccncn1CCNc1ncnc2scc(-c3cccs3)c12. The number of fused-ring (bicyclic) bond motifs is 1. The first-order valence-electron chi connectivity index (χ1n) is 7.33. The molecule has 0 radical (unpaired) electrons. The van der Waals surface area contributed by atoms with Gasteiger partial charge in [-0.2, -0.15) is 0 Å². The molecule has 0 unspecified atom stereocenters. The standard InChI is InChI=1S/C16H13N5OS2/c22-13-3-4-17-10-21(13)6-5-18-15-14-11(12-2-1-7-23-12)8-24-16(14)20-9-19-15/h1-4,7-10H,5-6H2,(H,18,19,20). The van der Waals surface area contributed by atoms with Crippen LogP contribution >= 0.6 is 22.7 Å². The molecule has 0 spiro atoms. The molecule has 0 fully saturated rings. The van der Waals surface area contributed by atoms with Gasteiger partial charge in [0.2, 0.25) is 0 Å². The van der Waals surface area contributed by atoms with Gasteiger partial charge in [-0.25, -0.2) is 15.0 Å². The van der Waals surface area contributed by atoms with Gasteiger partial charge in [0.05, 0.1) is 11.7 Å². The van der Waals surface area contributed by atoms with Crippen molar-refractivity contribution in [1.82, 2.24) is 19.5 Å². The van der Waals surface area contributed by atoms with Gasteiger partial charge in [-0.3, -0.25) is 9.36 Å². The van der Waals surface area contributed by atoms with Crippen LogP contribution in [0, 0.1) is 0 Å². The molecule has 4 aromatic rings. The van der Waals surface area contributed by atoms with E-state index in [1.165, 1.54) is 17.1 Å². The molecular formula is C16H13N5OS2. The molecule has 4 heterocycles. The molecule has 120 valence electrons. The Labute approximate surface area is 145 Å². The average molecular weight is 355 g/mol. The van der Waals surface area contributed by atoms with Gasteiger partial charge in [0.25, 0.3) is 5.56 Å². The van der Waals surface area contributed by atoms with Gasteiger partial charge in [0.15, 0.2) is 0 Å². The Morgan fingerprint density at radius 3 is 3.00 bits per heavy atom. The van der Waals surface area contributed by atoms with Gasteiger partial charge in [-0.1, -0.05) is 6.07 Å². The van der Waals surface area contributed by atoms with E-state index >= 15 is 0 Å². The fourth-order valence-electron chi connectivity index (χ4n) is 2.46. The van der Waals surface area contributed by atoms with Gasteiger partial charge >= 0.3 is 0 Å². The highest BCUT2D eigenvalue weighted by Gasteiger charge is 2.13. The number of thiophene rings is 2. The van der Waals surface area contributed by atoms with Crippen molar-refractivity contribution < 1.29 is 0 Å². The van der Waals surface area contributed by atoms with E-state index < -0.39 is 0 Å². The lowest BCUT2D eigenvalue weighted by molar-refractivity contribution is 0.679. The second-order valence-electron chi connectivity index (χ2n) is 5.07. The minimum absolute atomic E-state index is 0.0607. The Morgan fingerprint density at radius 2 is 2.17 bits per heavy atom. The van der Waals surface area contributed by atoms with Crippen LogP contribution in [0.5, 0.6) is 0 Å². The molecule has 0 aliphatic heterocycles. The number of anilines is 1. The molecular weight excluding hydrogens is 342 g/mol. The maximum Gasteiger partial charge on any atom is 0.253 e. The molecule has 0 atom stereocenters. The lowest BCUT2D eigenvalue weighted by Crippen LogP contribution is -2.23. The van der Waals surface area contributed by atoms with Gasteiger partial charge in [-0.05, 0) is 11.4 Å². The third kappa shape index (κ3) is 2.81. The molecule has 6 nitrogen and oxygen atoms in total. The number of nitrogens with zero attached hydrogens (tertiary/aromatic N) is 4. The molecule has 8 heteroatoms. The number of aromatic nitrogens is 4. The fraction of sp³-hybridized carbons (Fsp3) is 0.125. The van der Waals surface area contributed by atoms with E-state index in [1.807, 2.05) is 6.07 Å². The zero-order chi connectivity index (χ0) is 16.4. The number of hydrogen-bond acceptors (Lipinski definition) is 7. The first kappa shape index (κ1) is 15.0.